The zero-order valence-electron chi connectivity index (χ0n) is 15.4. The summed E-state index contributed by atoms with van der Waals surface area (Å²) in [6.45, 7) is 0.157. The Kier molecular flexibility index (Phi) is 5.26. The van der Waals surface area contributed by atoms with Crippen LogP contribution in [-0.4, -0.2) is 0 Å². The van der Waals surface area contributed by atoms with Gasteiger partial charge in [-0.25, -0.2) is 0 Å². The topological polar surface area (TPSA) is 39.4 Å². The maximum absolute atomic E-state index is 13.7. The van der Waals surface area contributed by atoms with Crippen molar-refractivity contribution in [2.45, 2.75) is 12.8 Å². The predicted octanol–water partition coefficient (Wildman–Crippen LogP) is 6.71. The van der Waals surface area contributed by atoms with E-state index in [2.05, 4.69) is 0 Å². The number of ether oxygens (including phenoxy) is 1. The van der Waals surface area contributed by atoms with Crippen molar-refractivity contribution < 1.29 is 22.3 Å². The first-order valence-electron chi connectivity index (χ1n) is 8.93. The van der Waals surface area contributed by atoms with Crippen LogP contribution in [0.25, 0.3) is 22.1 Å². The molecule has 3 aromatic carbocycles. The van der Waals surface area contributed by atoms with Crippen LogP contribution in [-0.2, 0) is 12.8 Å². The van der Waals surface area contributed by atoms with Crippen LogP contribution < -0.4 is 10.2 Å². The fourth-order valence-corrected chi connectivity index (χ4v) is 3.34. The van der Waals surface area contributed by atoms with Crippen LogP contribution in [0.5, 0.6) is 5.75 Å². The minimum atomic E-state index is -4.84. The minimum Gasteiger partial charge on any atom is -0.489 e. The van der Waals surface area contributed by atoms with Crippen molar-refractivity contribution in [3.05, 3.63) is 99.4 Å². The van der Waals surface area contributed by atoms with E-state index in [0.717, 1.165) is 5.56 Å². The van der Waals surface area contributed by atoms with E-state index in [1.165, 1.54) is 30.3 Å². The first-order valence-corrected chi connectivity index (χ1v) is 9.31. The van der Waals surface area contributed by atoms with Gasteiger partial charge in [-0.3, -0.25) is 4.79 Å². The number of halogens is 4. The normalized spacial score (nSPS) is 11.6. The highest BCUT2D eigenvalue weighted by Crippen LogP contribution is 2.37. The quantitative estimate of drug-likeness (QED) is 0.361. The third-order valence-electron chi connectivity index (χ3n) is 4.48. The third kappa shape index (κ3) is 4.04. The van der Waals surface area contributed by atoms with Gasteiger partial charge in [-0.1, -0.05) is 54.1 Å². The molecule has 0 N–H and O–H groups in total. The molecule has 0 saturated carbocycles. The Labute approximate surface area is 174 Å². The molecule has 0 aliphatic heterocycles. The Bertz CT molecular complexity index is 1260. The maximum atomic E-state index is 13.7. The van der Waals surface area contributed by atoms with Gasteiger partial charge in [-0.05, 0) is 35.4 Å². The summed E-state index contributed by atoms with van der Waals surface area (Å²) in [6.07, 6.45) is -4.84. The van der Waals surface area contributed by atoms with Crippen LogP contribution in [0.15, 0.2) is 82.0 Å². The number of rotatable bonds is 4. The lowest BCUT2D eigenvalue weighted by Crippen LogP contribution is -2.16. The molecule has 0 atom stereocenters. The number of hydrogen-bond donors (Lipinski definition) is 0. The van der Waals surface area contributed by atoms with Crippen molar-refractivity contribution in [1.29, 1.82) is 0 Å². The fourth-order valence-electron chi connectivity index (χ4n) is 3.12. The molecule has 4 rings (SSSR count). The zero-order valence-corrected chi connectivity index (χ0v) is 16.1. The summed E-state index contributed by atoms with van der Waals surface area (Å²) < 4.78 is 51.8. The van der Waals surface area contributed by atoms with E-state index in [-0.39, 0.29) is 28.9 Å². The lowest BCUT2D eigenvalue weighted by Gasteiger charge is -2.13. The summed E-state index contributed by atoms with van der Waals surface area (Å²) in [7, 11) is 0. The van der Waals surface area contributed by atoms with Gasteiger partial charge in [0.25, 0.3) is 0 Å². The fraction of sp³-hybridized carbons (Fsp3) is 0.0870. The van der Waals surface area contributed by atoms with Gasteiger partial charge in [-0.15, -0.1) is 0 Å². The van der Waals surface area contributed by atoms with Crippen molar-refractivity contribution in [3.63, 3.8) is 0 Å². The largest absolute Gasteiger partial charge is 0.489 e. The van der Waals surface area contributed by atoms with Gasteiger partial charge < -0.3 is 9.15 Å². The SMILES string of the molecule is O=c1c(-c2ccccc2)c(C(F)(F)F)oc2cc(OCc3cccc(Cl)c3)ccc12. The Morgan fingerprint density at radius 2 is 1.70 bits per heavy atom. The minimum absolute atomic E-state index is 0.0389. The summed E-state index contributed by atoms with van der Waals surface area (Å²) >= 11 is 5.94. The van der Waals surface area contributed by atoms with Gasteiger partial charge in [0.1, 0.15) is 17.9 Å². The van der Waals surface area contributed by atoms with E-state index in [1.807, 2.05) is 0 Å². The average molecular weight is 431 g/mol. The van der Waals surface area contributed by atoms with Crippen LogP contribution in [0.1, 0.15) is 11.3 Å². The van der Waals surface area contributed by atoms with E-state index in [9.17, 15) is 18.0 Å². The monoisotopic (exact) mass is 430 g/mol. The first kappa shape index (κ1) is 20.0. The van der Waals surface area contributed by atoms with Crippen LogP contribution in [0.3, 0.4) is 0 Å². The zero-order chi connectivity index (χ0) is 21.3. The molecule has 0 aliphatic carbocycles. The van der Waals surface area contributed by atoms with Gasteiger partial charge in [0.2, 0.25) is 11.2 Å². The predicted molar refractivity (Wildman–Crippen MR) is 109 cm³/mol. The highest BCUT2D eigenvalue weighted by atomic mass is 35.5. The molecule has 4 aromatic rings. The van der Waals surface area contributed by atoms with Crippen molar-refractivity contribution in [2.75, 3.05) is 0 Å². The molecule has 0 radical (unpaired) electrons. The van der Waals surface area contributed by atoms with Crippen molar-refractivity contribution in [1.82, 2.24) is 0 Å². The van der Waals surface area contributed by atoms with Crippen LogP contribution >= 0.6 is 11.6 Å². The van der Waals surface area contributed by atoms with E-state index >= 15 is 0 Å². The Hall–Kier alpha value is -3.25. The molecule has 30 heavy (non-hydrogen) atoms. The highest BCUT2D eigenvalue weighted by Gasteiger charge is 2.39. The molecule has 152 valence electrons. The molecule has 7 heteroatoms. The number of hydrogen-bond acceptors (Lipinski definition) is 3. The van der Waals surface area contributed by atoms with Crippen molar-refractivity contribution in [3.8, 4) is 16.9 Å². The van der Waals surface area contributed by atoms with Gasteiger partial charge in [0, 0.05) is 11.1 Å². The Morgan fingerprint density at radius 1 is 0.933 bits per heavy atom. The van der Waals surface area contributed by atoms with E-state index in [4.69, 9.17) is 20.8 Å². The maximum Gasteiger partial charge on any atom is 0.450 e. The molecule has 0 amide bonds. The third-order valence-corrected chi connectivity index (χ3v) is 4.71. The molecule has 0 aliphatic rings. The lowest BCUT2D eigenvalue weighted by atomic mass is 10.0. The molecule has 0 unspecified atom stereocenters. The second-order valence-electron chi connectivity index (χ2n) is 6.58. The van der Waals surface area contributed by atoms with Crippen LogP contribution in [0.2, 0.25) is 5.02 Å². The number of alkyl halides is 3. The Balaban J connectivity index is 1.78. The number of benzene rings is 3. The van der Waals surface area contributed by atoms with Gasteiger partial charge >= 0.3 is 6.18 Å². The molecule has 0 bridgehead atoms. The van der Waals surface area contributed by atoms with E-state index < -0.39 is 22.9 Å². The van der Waals surface area contributed by atoms with Gasteiger partial charge in [0.15, 0.2) is 0 Å². The number of fused-ring (bicyclic) bond motifs is 1. The van der Waals surface area contributed by atoms with Crippen molar-refractivity contribution in [2.24, 2.45) is 0 Å². The second kappa shape index (κ2) is 7.88. The molecule has 1 heterocycles. The Morgan fingerprint density at radius 3 is 2.40 bits per heavy atom. The second-order valence-corrected chi connectivity index (χ2v) is 7.01. The molecule has 0 fully saturated rings. The van der Waals surface area contributed by atoms with Crippen LogP contribution in [0.4, 0.5) is 13.2 Å². The summed E-state index contributed by atoms with van der Waals surface area (Å²) in [5.41, 5.74) is -0.531. The van der Waals surface area contributed by atoms with Gasteiger partial charge in [-0.2, -0.15) is 13.2 Å². The highest BCUT2D eigenvalue weighted by molar-refractivity contribution is 6.30. The summed E-state index contributed by atoms with van der Waals surface area (Å²) in [5.74, 6) is -1.07. The molecule has 1 aromatic heterocycles. The molecular weight excluding hydrogens is 417 g/mol. The molecule has 0 spiro atoms. The summed E-state index contributed by atoms with van der Waals surface area (Å²) in [5, 5.41) is 0.584. The van der Waals surface area contributed by atoms with E-state index in [1.54, 1.807) is 42.5 Å². The first-order chi connectivity index (χ1) is 14.3. The van der Waals surface area contributed by atoms with Crippen LogP contribution in [0, 0.1) is 0 Å². The standard InChI is InChI=1S/C23H14ClF3O3/c24-16-8-4-5-14(11-16)13-29-17-9-10-18-19(12-17)30-22(23(25,26)27)20(21(18)28)15-6-2-1-3-7-15/h1-12H,13H2. The van der Waals surface area contributed by atoms with E-state index in [0.29, 0.717) is 5.02 Å². The molecule has 0 saturated heterocycles. The summed E-state index contributed by atoms with van der Waals surface area (Å²) in [4.78, 5) is 12.9. The molecular formula is C23H14ClF3O3. The average Bonchev–Trinajstić information content (AvgIpc) is 2.72. The summed E-state index contributed by atoms with van der Waals surface area (Å²) in [6, 6.07) is 18.9. The van der Waals surface area contributed by atoms with Crippen molar-refractivity contribution >= 4 is 22.6 Å². The lowest BCUT2D eigenvalue weighted by molar-refractivity contribution is -0.152. The van der Waals surface area contributed by atoms with Gasteiger partial charge in [0.05, 0.1) is 10.9 Å². The smallest absolute Gasteiger partial charge is 0.450 e. The molecule has 3 nitrogen and oxygen atoms in total.